The van der Waals surface area contributed by atoms with Gasteiger partial charge in [-0.15, -0.1) is 0 Å². The number of rotatable bonds is 5. The lowest BCUT2D eigenvalue weighted by Gasteiger charge is -2.35. The van der Waals surface area contributed by atoms with Crippen LogP contribution < -0.4 is 10.6 Å². The molecule has 130 valence electrons. The van der Waals surface area contributed by atoms with Crippen LogP contribution in [0.15, 0.2) is 0 Å². The first-order chi connectivity index (χ1) is 9.99. The Morgan fingerprint density at radius 3 is 2.00 bits per heavy atom. The molecule has 0 unspecified atom stereocenters. The molecular formula is C18H36N2O2. The van der Waals surface area contributed by atoms with Crippen molar-refractivity contribution < 1.29 is 9.53 Å². The molecule has 1 saturated carbocycles. The van der Waals surface area contributed by atoms with Crippen molar-refractivity contribution >= 4 is 6.09 Å². The molecule has 1 amide bonds. The van der Waals surface area contributed by atoms with Crippen LogP contribution in [0.5, 0.6) is 0 Å². The van der Waals surface area contributed by atoms with Crippen LogP contribution in [0.25, 0.3) is 0 Å². The maximum atomic E-state index is 11.8. The van der Waals surface area contributed by atoms with E-state index in [0.717, 1.165) is 32.2 Å². The van der Waals surface area contributed by atoms with Gasteiger partial charge in [-0.2, -0.15) is 0 Å². The van der Waals surface area contributed by atoms with Crippen molar-refractivity contribution in [3.63, 3.8) is 0 Å². The lowest BCUT2D eigenvalue weighted by atomic mass is 9.80. The van der Waals surface area contributed by atoms with Crippen LogP contribution in [0.1, 0.15) is 74.1 Å². The van der Waals surface area contributed by atoms with Gasteiger partial charge < -0.3 is 15.4 Å². The van der Waals surface area contributed by atoms with E-state index in [-0.39, 0.29) is 12.1 Å². The first-order valence-electron chi connectivity index (χ1n) is 8.72. The summed E-state index contributed by atoms with van der Waals surface area (Å²) < 4.78 is 5.32. The number of carbonyl (C=O) groups excluding carboxylic acids is 1. The van der Waals surface area contributed by atoms with Gasteiger partial charge in [0.15, 0.2) is 0 Å². The van der Waals surface area contributed by atoms with Crippen molar-refractivity contribution in [2.24, 2.45) is 11.3 Å². The maximum absolute atomic E-state index is 11.8. The predicted molar refractivity (Wildman–Crippen MR) is 92.0 cm³/mol. The van der Waals surface area contributed by atoms with E-state index < -0.39 is 5.60 Å². The molecule has 0 aromatic heterocycles. The van der Waals surface area contributed by atoms with Crippen LogP contribution in [0, 0.1) is 11.3 Å². The molecule has 0 bridgehead atoms. The summed E-state index contributed by atoms with van der Waals surface area (Å²) >= 11 is 0. The zero-order valence-corrected chi connectivity index (χ0v) is 15.6. The number of hydrogen-bond donors (Lipinski definition) is 2. The Kier molecular flexibility index (Phi) is 6.72. The van der Waals surface area contributed by atoms with Gasteiger partial charge in [-0.25, -0.2) is 4.79 Å². The summed E-state index contributed by atoms with van der Waals surface area (Å²) in [5, 5.41) is 6.71. The van der Waals surface area contributed by atoms with Crippen molar-refractivity contribution in [2.75, 3.05) is 6.54 Å². The van der Waals surface area contributed by atoms with E-state index in [1.807, 2.05) is 20.8 Å². The Labute approximate surface area is 136 Å². The summed E-state index contributed by atoms with van der Waals surface area (Å²) in [5.74, 6) is 0.671. The minimum absolute atomic E-state index is 0.256. The standard InChI is InChI=1S/C18H36N2O2/c1-13(2)18(6,7)12-19-14-8-10-15(11-9-14)20-16(21)22-17(3,4)5/h13-15,19H,8-12H2,1-7H3,(H,20,21). The summed E-state index contributed by atoms with van der Waals surface area (Å²) in [4.78, 5) is 11.8. The Balaban J connectivity index is 2.28. The van der Waals surface area contributed by atoms with Gasteiger partial charge in [0.25, 0.3) is 0 Å². The van der Waals surface area contributed by atoms with Crippen LogP contribution in [-0.2, 0) is 4.74 Å². The fourth-order valence-electron chi connectivity index (χ4n) is 2.53. The van der Waals surface area contributed by atoms with Crippen molar-refractivity contribution in [1.82, 2.24) is 10.6 Å². The molecule has 1 aliphatic carbocycles. The molecule has 0 aromatic rings. The fourth-order valence-corrected chi connectivity index (χ4v) is 2.53. The maximum Gasteiger partial charge on any atom is 0.407 e. The molecule has 22 heavy (non-hydrogen) atoms. The van der Waals surface area contributed by atoms with E-state index in [1.165, 1.54) is 0 Å². The topological polar surface area (TPSA) is 50.4 Å². The van der Waals surface area contributed by atoms with E-state index in [9.17, 15) is 4.79 Å². The number of ether oxygens (including phenoxy) is 1. The summed E-state index contributed by atoms with van der Waals surface area (Å²) in [5.41, 5.74) is -0.100. The van der Waals surface area contributed by atoms with Gasteiger partial charge >= 0.3 is 6.09 Å². The van der Waals surface area contributed by atoms with Gasteiger partial charge in [0.05, 0.1) is 0 Å². The molecule has 1 aliphatic rings. The summed E-state index contributed by atoms with van der Waals surface area (Å²) in [6.45, 7) is 15.9. The number of alkyl carbamates (subject to hydrolysis) is 1. The third-order valence-corrected chi connectivity index (χ3v) is 4.86. The van der Waals surface area contributed by atoms with E-state index >= 15 is 0 Å². The van der Waals surface area contributed by atoms with Gasteiger partial charge in [0.1, 0.15) is 5.60 Å². The second-order valence-electron chi connectivity index (χ2n) is 8.72. The molecule has 0 radical (unpaired) electrons. The SMILES string of the molecule is CC(C)C(C)(C)CNC1CCC(NC(=O)OC(C)(C)C)CC1. The highest BCUT2D eigenvalue weighted by molar-refractivity contribution is 5.68. The van der Waals surface area contributed by atoms with Crippen LogP contribution in [0.3, 0.4) is 0 Å². The van der Waals surface area contributed by atoms with Crippen molar-refractivity contribution in [3.05, 3.63) is 0 Å². The highest BCUT2D eigenvalue weighted by Gasteiger charge is 2.27. The number of carbonyl (C=O) groups is 1. The first-order valence-corrected chi connectivity index (χ1v) is 8.72. The first kappa shape index (κ1) is 19.3. The van der Waals surface area contributed by atoms with Crippen molar-refractivity contribution in [1.29, 1.82) is 0 Å². The second kappa shape index (κ2) is 7.67. The quantitative estimate of drug-likeness (QED) is 0.803. The smallest absolute Gasteiger partial charge is 0.407 e. The largest absolute Gasteiger partial charge is 0.444 e. The lowest BCUT2D eigenvalue weighted by molar-refractivity contribution is 0.0489. The van der Waals surface area contributed by atoms with Crippen LogP contribution >= 0.6 is 0 Å². The summed E-state index contributed by atoms with van der Waals surface area (Å²) in [6, 6.07) is 0.834. The van der Waals surface area contributed by atoms with Crippen LogP contribution in [0.4, 0.5) is 4.79 Å². The zero-order valence-electron chi connectivity index (χ0n) is 15.6. The molecule has 1 fully saturated rings. The minimum atomic E-state index is -0.425. The molecule has 4 nitrogen and oxygen atoms in total. The molecular weight excluding hydrogens is 276 g/mol. The Bertz CT molecular complexity index is 351. The molecule has 0 saturated heterocycles. The minimum Gasteiger partial charge on any atom is -0.444 e. The van der Waals surface area contributed by atoms with Gasteiger partial charge in [-0.05, 0) is 57.8 Å². The van der Waals surface area contributed by atoms with Gasteiger partial charge in [-0.1, -0.05) is 27.7 Å². The Morgan fingerprint density at radius 1 is 1.05 bits per heavy atom. The predicted octanol–water partition coefficient (Wildman–Crippen LogP) is 4.09. The zero-order chi connectivity index (χ0) is 17.0. The van der Waals surface area contributed by atoms with Crippen molar-refractivity contribution in [2.45, 2.75) is 91.8 Å². The third kappa shape index (κ3) is 6.99. The molecule has 1 rings (SSSR count). The molecule has 2 N–H and O–H groups in total. The van der Waals surface area contributed by atoms with Crippen LogP contribution in [0.2, 0.25) is 0 Å². The summed E-state index contributed by atoms with van der Waals surface area (Å²) in [6.07, 6.45) is 4.01. The van der Waals surface area contributed by atoms with E-state index in [1.54, 1.807) is 0 Å². The summed E-state index contributed by atoms with van der Waals surface area (Å²) in [7, 11) is 0. The normalized spacial score (nSPS) is 23.5. The third-order valence-electron chi connectivity index (χ3n) is 4.86. The van der Waals surface area contributed by atoms with Gasteiger partial charge in [-0.3, -0.25) is 0 Å². The van der Waals surface area contributed by atoms with Crippen LogP contribution in [-0.4, -0.2) is 30.3 Å². The lowest BCUT2D eigenvalue weighted by Crippen LogP contribution is -2.46. The number of amides is 1. The molecule has 0 aliphatic heterocycles. The number of nitrogens with one attached hydrogen (secondary N) is 2. The number of hydrogen-bond acceptors (Lipinski definition) is 3. The van der Waals surface area contributed by atoms with Gasteiger partial charge in [0, 0.05) is 18.6 Å². The van der Waals surface area contributed by atoms with E-state index in [4.69, 9.17) is 4.74 Å². The monoisotopic (exact) mass is 312 g/mol. The fraction of sp³-hybridized carbons (Fsp3) is 0.944. The molecule has 0 spiro atoms. The van der Waals surface area contributed by atoms with E-state index in [2.05, 4.69) is 38.3 Å². The highest BCUT2D eigenvalue weighted by Crippen LogP contribution is 2.26. The average Bonchev–Trinajstić information content (AvgIpc) is 2.35. The molecule has 0 atom stereocenters. The van der Waals surface area contributed by atoms with E-state index in [0.29, 0.717) is 17.4 Å². The molecule has 0 heterocycles. The molecule has 0 aromatic carbocycles. The second-order valence-corrected chi connectivity index (χ2v) is 8.72. The molecule has 4 heteroatoms. The van der Waals surface area contributed by atoms with Crippen molar-refractivity contribution in [3.8, 4) is 0 Å². The highest BCUT2D eigenvalue weighted by atomic mass is 16.6. The average molecular weight is 312 g/mol. The Hall–Kier alpha value is -0.770. The Morgan fingerprint density at radius 2 is 1.55 bits per heavy atom. The van der Waals surface area contributed by atoms with Gasteiger partial charge in [0.2, 0.25) is 0 Å².